The van der Waals surface area contributed by atoms with Gasteiger partial charge >= 0.3 is 0 Å². The van der Waals surface area contributed by atoms with Crippen LogP contribution < -0.4 is 5.32 Å². The molecule has 0 unspecified atom stereocenters. The Morgan fingerprint density at radius 3 is 2.60 bits per heavy atom. The molecule has 86 valence electrons. The lowest BCUT2D eigenvalue weighted by Gasteiger charge is -2.23. The Morgan fingerprint density at radius 2 is 2.07 bits per heavy atom. The van der Waals surface area contributed by atoms with Gasteiger partial charge in [-0.2, -0.15) is 0 Å². The summed E-state index contributed by atoms with van der Waals surface area (Å²) in [5, 5.41) is 5.77. The monoisotopic (exact) mass is 225 g/mol. The predicted molar refractivity (Wildman–Crippen MR) is 69.9 cm³/mol. The largest absolute Gasteiger partial charge is 0.317 e. The van der Waals surface area contributed by atoms with Crippen LogP contribution in [-0.4, -0.2) is 13.1 Å². The van der Waals surface area contributed by atoms with Gasteiger partial charge in [-0.3, -0.25) is 0 Å². The molecule has 1 aromatic rings. The Bertz CT molecular complexity index is 288. The second-order valence-electron chi connectivity index (χ2n) is 4.83. The molecule has 1 rings (SSSR count). The van der Waals surface area contributed by atoms with E-state index in [1.54, 1.807) is 0 Å². The maximum Gasteiger partial charge on any atom is 0.00172 e. The molecule has 1 nitrogen and oxygen atoms in total. The van der Waals surface area contributed by atoms with E-state index in [4.69, 9.17) is 0 Å². The van der Waals surface area contributed by atoms with Crippen molar-refractivity contribution in [3.05, 3.63) is 21.9 Å². The van der Waals surface area contributed by atoms with Crippen LogP contribution in [0.5, 0.6) is 0 Å². The highest BCUT2D eigenvalue weighted by molar-refractivity contribution is 7.10. The van der Waals surface area contributed by atoms with Crippen LogP contribution in [0.4, 0.5) is 0 Å². The molecule has 0 spiro atoms. The van der Waals surface area contributed by atoms with Crippen LogP contribution in [0.25, 0.3) is 0 Å². The molecule has 0 aliphatic heterocycles. The van der Waals surface area contributed by atoms with Gasteiger partial charge in [0.25, 0.3) is 0 Å². The SMILES string of the molecule is CCCNCCC(C)(C)c1csc(C)c1. The number of thiophene rings is 1. The van der Waals surface area contributed by atoms with E-state index in [0.29, 0.717) is 5.41 Å². The van der Waals surface area contributed by atoms with E-state index in [2.05, 4.69) is 44.5 Å². The summed E-state index contributed by atoms with van der Waals surface area (Å²) in [5.74, 6) is 0. The minimum atomic E-state index is 0.311. The zero-order valence-corrected chi connectivity index (χ0v) is 11.2. The Kier molecular flexibility index (Phi) is 4.81. The van der Waals surface area contributed by atoms with Crippen molar-refractivity contribution in [2.75, 3.05) is 13.1 Å². The van der Waals surface area contributed by atoms with E-state index >= 15 is 0 Å². The van der Waals surface area contributed by atoms with Gasteiger partial charge in [0.15, 0.2) is 0 Å². The fraction of sp³-hybridized carbons (Fsp3) is 0.692. The van der Waals surface area contributed by atoms with E-state index < -0.39 is 0 Å². The van der Waals surface area contributed by atoms with Crippen LogP contribution in [0.3, 0.4) is 0 Å². The Morgan fingerprint density at radius 1 is 1.33 bits per heavy atom. The average molecular weight is 225 g/mol. The summed E-state index contributed by atoms with van der Waals surface area (Å²) >= 11 is 1.85. The molecule has 1 heterocycles. The molecule has 0 radical (unpaired) electrons. The number of hydrogen-bond acceptors (Lipinski definition) is 2. The zero-order valence-electron chi connectivity index (χ0n) is 10.4. The van der Waals surface area contributed by atoms with Crippen molar-refractivity contribution < 1.29 is 0 Å². The highest BCUT2D eigenvalue weighted by atomic mass is 32.1. The summed E-state index contributed by atoms with van der Waals surface area (Å²) in [6.45, 7) is 11.3. The number of aryl methyl sites for hydroxylation is 1. The molecule has 0 aromatic carbocycles. The first-order chi connectivity index (χ1) is 7.06. The van der Waals surface area contributed by atoms with Gasteiger partial charge in [-0.1, -0.05) is 20.8 Å². The molecule has 0 saturated carbocycles. The van der Waals surface area contributed by atoms with E-state index in [1.165, 1.54) is 23.3 Å². The average Bonchev–Trinajstić information content (AvgIpc) is 2.60. The second-order valence-corrected chi connectivity index (χ2v) is 5.95. The van der Waals surface area contributed by atoms with Crippen LogP contribution >= 0.6 is 11.3 Å². The molecule has 15 heavy (non-hydrogen) atoms. The quantitative estimate of drug-likeness (QED) is 0.728. The van der Waals surface area contributed by atoms with Crippen molar-refractivity contribution in [1.82, 2.24) is 5.32 Å². The van der Waals surface area contributed by atoms with Gasteiger partial charge < -0.3 is 5.32 Å². The first-order valence-electron chi connectivity index (χ1n) is 5.82. The minimum absolute atomic E-state index is 0.311. The lowest BCUT2D eigenvalue weighted by atomic mass is 9.83. The maximum absolute atomic E-state index is 3.47. The Hall–Kier alpha value is -0.340. The van der Waals surface area contributed by atoms with Gasteiger partial charge in [-0.15, -0.1) is 11.3 Å². The molecule has 2 heteroatoms. The first-order valence-corrected chi connectivity index (χ1v) is 6.70. The topological polar surface area (TPSA) is 12.0 Å². The van der Waals surface area contributed by atoms with Crippen molar-refractivity contribution in [3.63, 3.8) is 0 Å². The van der Waals surface area contributed by atoms with E-state index in [1.807, 2.05) is 11.3 Å². The van der Waals surface area contributed by atoms with Crippen LogP contribution in [0.1, 0.15) is 44.1 Å². The molecular formula is C13H23NS. The number of nitrogens with one attached hydrogen (secondary N) is 1. The summed E-state index contributed by atoms with van der Waals surface area (Å²) in [6, 6.07) is 2.32. The van der Waals surface area contributed by atoms with Gasteiger partial charge in [0.2, 0.25) is 0 Å². The third-order valence-corrected chi connectivity index (χ3v) is 3.73. The summed E-state index contributed by atoms with van der Waals surface area (Å²) < 4.78 is 0. The molecule has 0 amide bonds. The standard InChI is InChI=1S/C13H23NS/c1-5-7-14-8-6-13(3,4)12-9-11(2)15-10-12/h9-10,14H,5-8H2,1-4H3. The van der Waals surface area contributed by atoms with Gasteiger partial charge in [-0.05, 0) is 55.3 Å². The van der Waals surface area contributed by atoms with Gasteiger partial charge in [-0.25, -0.2) is 0 Å². The highest BCUT2D eigenvalue weighted by Gasteiger charge is 2.20. The lowest BCUT2D eigenvalue weighted by Crippen LogP contribution is -2.25. The van der Waals surface area contributed by atoms with Crippen LogP contribution in [0.15, 0.2) is 11.4 Å². The summed E-state index contributed by atoms with van der Waals surface area (Å²) in [6.07, 6.45) is 2.43. The molecule has 0 fully saturated rings. The van der Waals surface area contributed by atoms with Crippen molar-refractivity contribution in [1.29, 1.82) is 0 Å². The van der Waals surface area contributed by atoms with E-state index in [-0.39, 0.29) is 0 Å². The van der Waals surface area contributed by atoms with Crippen molar-refractivity contribution >= 4 is 11.3 Å². The summed E-state index contributed by atoms with van der Waals surface area (Å²) in [5.41, 5.74) is 1.80. The predicted octanol–water partition coefficient (Wildman–Crippen LogP) is 3.72. The first kappa shape index (κ1) is 12.7. The van der Waals surface area contributed by atoms with Crippen molar-refractivity contribution in [2.45, 2.75) is 46.0 Å². The maximum atomic E-state index is 3.47. The fourth-order valence-corrected chi connectivity index (χ4v) is 2.54. The Labute approximate surface area is 97.9 Å². The van der Waals surface area contributed by atoms with Crippen LogP contribution in [0.2, 0.25) is 0 Å². The summed E-state index contributed by atoms with van der Waals surface area (Å²) in [4.78, 5) is 1.42. The van der Waals surface area contributed by atoms with Crippen LogP contribution in [0, 0.1) is 6.92 Å². The molecule has 0 aliphatic carbocycles. The number of hydrogen-bond donors (Lipinski definition) is 1. The molecule has 1 N–H and O–H groups in total. The molecular weight excluding hydrogens is 202 g/mol. The third-order valence-electron chi connectivity index (χ3n) is 2.87. The van der Waals surface area contributed by atoms with Gasteiger partial charge in [0.1, 0.15) is 0 Å². The highest BCUT2D eigenvalue weighted by Crippen LogP contribution is 2.30. The van der Waals surface area contributed by atoms with Crippen LogP contribution in [-0.2, 0) is 5.41 Å². The van der Waals surface area contributed by atoms with E-state index in [0.717, 1.165) is 13.1 Å². The molecule has 0 atom stereocenters. The van der Waals surface area contributed by atoms with Crippen molar-refractivity contribution in [2.24, 2.45) is 0 Å². The lowest BCUT2D eigenvalue weighted by molar-refractivity contribution is 0.458. The van der Waals surface area contributed by atoms with Gasteiger partial charge in [0.05, 0.1) is 0 Å². The van der Waals surface area contributed by atoms with Gasteiger partial charge in [0, 0.05) is 4.88 Å². The normalized spacial score (nSPS) is 12.0. The fourth-order valence-electron chi connectivity index (χ4n) is 1.65. The molecule has 0 bridgehead atoms. The molecule has 1 aromatic heterocycles. The van der Waals surface area contributed by atoms with Crippen molar-refractivity contribution in [3.8, 4) is 0 Å². The third kappa shape index (κ3) is 3.96. The molecule has 0 saturated heterocycles. The Balaban J connectivity index is 2.44. The van der Waals surface area contributed by atoms with E-state index in [9.17, 15) is 0 Å². The second kappa shape index (κ2) is 5.66. The smallest absolute Gasteiger partial charge is 0.00172 e. The minimum Gasteiger partial charge on any atom is -0.317 e. The zero-order chi connectivity index (χ0) is 11.3. The summed E-state index contributed by atoms with van der Waals surface area (Å²) in [7, 11) is 0. The number of rotatable bonds is 6. The molecule has 0 aliphatic rings.